The summed E-state index contributed by atoms with van der Waals surface area (Å²) in [6.07, 6.45) is 31.5. The van der Waals surface area contributed by atoms with E-state index >= 15 is 0 Å². The van der Waals surface area contributed by atoms with E-state index in [1.807, 2.05) is 0 Å². The minimum atomic E-state index is 0.417. The van der Waals surface area contributed by atoms with Crippen LogP contribution < -0.4 is 0 Å². The first-order valence-corrected chi connectivity index (χ1v) is 32.4. The first-order chi connectivity index (χ1) is 32.4. The molecule has 8 aliphatic carbocycles. The summed E-state index contributed by atoms with van der Waals surface area (Å²) >= 11 is 0. The van der Waals surface area contributed by atoms with Crippen LogP contribution in [0.25, 0.3) is 0 Å². The van der Waals surface area contributed by atoms with E-state index in [1.54, 1.807) is 38.5 Å². The molecule has 0 amide bonds. The maximum Gasteiger partial charge on any atom is -0.0207 e. The van der Waals surface area contributed by atoms with Crippen molar-refractivity contribution in [3.63, 3.8) is 0 Å². The highest BCUT2D eigenvalue weighted by Gasteiger charge is 2.76. The second kappa shape index (κ2) is 20.2. The first kappa shape index (κ1) is 55.2. The normalized spacial score (nSPS) is 57.1. The van der Waals surface area contributed by atoms with E-state index in [0.29, 0.717) is 32.5 Å². The highest BCUT2D eigenvalue weighted by atomic mass is 14.8. The number of hydrogen-bond acceptors (Lipinski definition) is 0. The molecule has 0 nitrogen and oxygen atoms in total. The van der Waals surface area contributed by atoms with Crippen LogP contribution in [0, 0.1) is 163 Å². The van der Waals surface area contributed by atoms with Gasteiger partial charge in [0.05, 0.1) is 0 Å². The van der Waals surface area contributed by atoms with Crippen LogP contribution in [0.2, 0.25) is 0 Å². The van der Waals surface area contributed by atoms with E-state index < -0.39 is 0 Å². The number of hydrogen-bond donors (Lipinski definition) is 0. The van der Waals surface area contributed by atoms with Crippen molar-refractivity contribution in [3.8, 4) is 0 Å². The number of fused-ring (bicyclic) bond motifs is 3. The number of rotatable bonds is 13. The molecule has 8 saturated carbocycles. The fourth-order valence-electron chi connectivity index (χ4n) is 24.0. The van der Waals surface area contributed by atoms with Crippen LogP contribution in [0.3, 0.4) is 0 Å². The lowest BCUT2D eigenvalue weighted by Gasteiger charge is -2.76. The zero-order valence-electron chi connectivity index (χ0n) is 50.6. The summed E-state index contributed by atoms with van der Waals surface area (Å²) in [6, 6.07) is 0. The topological polar surface area (TPSA) is 0 Å². The fraction of sp³-hybridized carbons (Fsp3) is 1.00. The molecule has 8 fully saturated rings. The average Bonchev–Trinajstić information content (AvgIpc) is 3.57. The predicted molar refractivity (Wildman–Crippen MR) is 302 cm³/mol. The molecule has 28 atom stereocenters. The van der Waals surface area contributed by atoms with E-state index in [-0.39, 0.29) is 0 Å². The minimum absolute atomic E-state index is 0.417. The lowest BCUT2D eigenvalue weighted by atomic mass is 9.28. The van der Waals surface area contributed by atoms with Crippen molar-refractivity contribution in [2.45, 2.75) is 273 Å². The van der Waals surface area contributed by atoms with Gasteiger partial charge < -0.3 is 0 Å². The monoisotopic (exact) mass is 953 g/mol. The molecule has 18 unspecified atom stereocenters. The van der Waals surface area contributed by atoms with Gasteiger partial charge >= 0.3 is 0 Å². The Bertz CT molecular complexity index is 1700. The Morgan fingerprint density at radius 2 is 0.841 bits per heavy atom. The van der Waals surface area contributed by atoms with Crippen molar-refractivity contribution in [2.24, 2.45) is 163 Å². The molecule has 0 heterocycles. The fourth-order valence-corrected chi connectivity index (χ4v) is 24.0. The van der Waals surface area contributed by atoms with Crippen LogP contribution in [0.5, 0.6) is 0 Å². The first-order valence-electron chi connectivity index (χ1n) is 32.4. The second-order valence-corrected chi connectivity index (χ2v) is 31.6. The van der Waals surface area contributed by atoms with Gasteiger partial charge in [0.15, 0.2) is 0 Å². The highest BCUT2D eigenvalue weighted by Crippen LogP contribution is 2.84. The van der Waals surface area contributed by atoms with Gasteiger partial charge in [0.1, 0.15) is 0 Å². The summed E-state index contributed by atoms with van der Waals surface area (Å²) in [5.41, 5.74) is 2.82. The summed E-state index contributed by atoms with van der Waals surface area (Å²) in [5, 5.41) is 0. The van der Waals surface area contributed by atoms with Crippen LogP contribution in [0.1, 0.15) is 273 Å². The molecular weight excluding hydrogens is 829 g/mol. The Morgan fingerprint density at radius 3 is 1.36 bits per heavy atom. The van der Waals surface area contributed by atoms with Crippen molar-refractivity contribution >= 4 is 0 Å². The Hall–Kier alpha value is 0. The maximum absolute atomic E-state index is 2.97. The molecule has 0 radical (unpaired) electrons. The van der Waals surface area contributed by atoms with Crippen molar-refractivity contribution in [1.29, 1.82) is 0 Å². The van der Waals surface area contributed by atoms with E-state index in [1.165, 1.54) is 96.3 Å². The van der Waals surface area contributed by atoms with Crippen molar-refractivity contribution < 1.29 is 0 Å². The van der Waals surface area contributed by atoms with Crippen molar-refractivity contribution in [2.75, 3.05) is 0 Å². The molecule has 0 heteroatoms. The van der Waals surface area contributed by atoms with Crippen LogP contribution >= 0.6 is 0 Å². The van der Waals surface area contributed by atoms with Gasteiger partial charge in [0.25, 0.3) is 0 Å². The summed E-state index contributed by atoms with van der Waals surface area (Å²) in [4.78, 5) is 0. The van der Waals surface area contributed by atoms with Gasteiger partial charge in [0.2, 0.25) is 0 Å². The summed E-state index contributed by atoms with van der Waals surface area (Å²) in [6.45, 7) is 54.3. The highest BCUT2D eigenvalue weighted by molar-refractivity contribution is 5.25. The van der Waals surface area contributed by atoms with E-state index in [0.717, 1.165) is 130 Å². The van der Waals surface area contributed by atoms with Gasteiger partial charge in [0, 0.05) is 0 Å². The quantitative estimate of drug-likeness (QED) is 0.173. The third-order valence-corrected chi connectivity index (χ3v) is 31.0. The Labute approximate surface area is 434 Å². The van der Waals surface area contributed by atoms with E-state index in [4.69, 9.17) is 0 Å². The zero-order valence-corrected chi connectivity index (χ0v) is 50.6. The average molecular weight is 954 g/mol. The Balaban J connectivity index is 1.10. The zero-order chi connectivity index (χ0) is 50.6. The molecule has 0 aromatic rings. The van der Waals surface area contributed by atoms with E-state index in [9.17, 15) is 0 Å². The summed E-state index contributed by atoms with van der Waals surface area (Å²) in [7, 11) is 0. The van der Waals surface area contributed by atoms with Crippen molar-refractivity contribution in [1.82, 2.24) is 0 Å². The van der Waals surface area contributed by atoms with Gasteiger partial charge in [-0.2, -0.15) is 0 Å². The standard InChI is InChI=1S/C69H124/c1-21-54-33-58(50(13)44(7)47(54)10)32-42(5)64(17)26-25-27-66(19)65(64,18)29-31-69-39-43(6)68(41-69,30-28-67(66,69)20)40-61-36-57(24-4)53(16)62(37-59-34-55(22-2)48(11)45(8)51(59)14)63(61)38-60-35-56(23-3)49(12)46(9)52(60)15/h42-63H,21-41H2,1-20H3/t42?,43?,44-,45?,46?,47?,48-,49-,50?,51+,52+,53+,54-,55?,56?,57?,58?,59?,60?,61?,62?,63-,64?,65+,66?,67-,68?,69?/m0/s1. The maximum atomic E-state index is 2.97. The molecule has 400 valence electrons. The molecular formula is C69H124. The lowest BCUT2D eigenvalue weighted by Crippen LogP contribution is -2.68. The molecule has 0 aromatic carbocycles. The molecule has 2 bridgehead atoms. The third kappa shape index (κ3) is 8.56. The molecule has 8 aliphatic rings. The molecule has 0 aliphatic heterocycles. The smallest absolute Gasteiger partial charge is 0.0207 e. The van der Waals surface area contributed by atoms with Crippen LogP contribution in [-0.2, 0) is 0 Å². The minimum Gasteiger partial charge on any atom is -0.0651 e. The van der Waals surface area contributed by atoms with Gasteiger partial charge in [-0.3, -0.25) is 0 Å². The molecule has 0 saturated heterocycles. The molecule has 1 spiro atoms. The predicted octanol–water partition coefficient (Wildman–Crippen LogP) is 21.2. The van der Waals surface area contributed by atoms with Crippen LogP contribution in [0.15, 0.2) is 0 Å². The SMILES string of the molecule is CCC1CC(CC2[C@H](C)C(CC)CC(CC34CC[C@]5(C)C(CC[C@]6(C)C(C)(C(C)CC7C[C@H](CC)C(C)[C@H](C)C7C)CCCC56C)(CC3C)C4)[C@@H]2CC2CC(CC)[C@@H](C)C(C)[C@H]2C)[C@H](C)C(C)[C@@H]1C. The Kier molecular flexibility index (Phi) is 16.2. The van der Waals surface area contributed by atoms with Gasteiger partial charge in [-0.05, 0) is 265 Å². The van der Waals surface area contributed by atoms with Crippen molar-refractivity contribution in [3.05, 3.63) is 0 Å². The Morgan fingerprint density at radius 1 is 0.406 bits per heavy atom. The van der Waals surface area contributed by atoms with Gasteiger partial charge in [-0.25, -0.2) is 0 Å². The molecule has 69 heavy (non-hydrogen) atoms. The van der Waals surface area contributed by atoms with Crippen LogP contribution in [-0.4, -0.2) is 0 Å². The van der Waals surface area contributed by atoms with Crippen LogP contribution in [0.4, 0.5) is 0 Å². The lowest BCUT2D eigenvalue weighted by molar-refractivity contribution is -0.271. The third-order valence-electron chi connectivity index (χ3n) is 31.0. The molecule has 8 rings (SSSR count). The van der Waals surface area contributed by atoms with Gasteiger partial charge in [-0.1, -0.05) is 171 Å². The molecule has 0 aromatic heterocycles. The summed E-state index contributed by atoms with van der Waals surface area (Å²) < 4.78 is 0. The largest absolute Gasteiger partial charge is 0.0651 e. The summed E-state index contributed by atoms with van der Waals surface area (Å²) in [5.74, 6) is 19.7. The molecule has 0 N–H and O–H groups in total. The van der Waals surface area contributed by atoms with Gasteiger partial charge in [-0.15, -0.1) is 0 Å². The van der Waals surface area contributed by atoms with E-state index in [2.05, 4.69) is 138 Å². The second-order valence-electron chi connectivity index (χ2n) is 31.6.